The average Bonchev–Trinajstić information content (AvgIpc) is 2.86. The van der Waals surface area contributed by atoms with Gasteiger partial charge in [0, 0.05) is 17.3 Å². The zero-order valence-corrected chi connectivity index (χ0v) is 13.2. The smallest absolute Gasteiger partial charge is 0.230 e. The summed E-state index contributed by atoms with van der Waals surface area (Å²) in [6.07, 6.45) is 1.40. The van der Waals surface area contributed by atoms with Crippen molar-refractivity contribution in [3.05, 3.63) is 40.4 Å². The van der Waals surface area contributed by atoms with E-state index in [0.717, 1.165) is 0 Å². The molecule has 0 aliphatic carbocycles. The molecule has 9 heteroatoms. The fourth-order valence-corrected chi connectivity index (χ4v) is 2.66. The number of nitrogens with zero attached hydrogens (tertiary/aromatic N) is 4. The lowest BCUT2D eigenvalue weighted by atomic mass is 10.3. The minimum Gasteiger partial charge on any atom is -0.369 e. The molecule has 0 spiro atoms. The highest BCUT2D eigenvalue weighted by atomic mass is 35.5. The zero-order valence-electron chi connectivity index (χ0n) is 11.6. The number of nitrogens with two attached hydrogens (primary N) is 2. The fraction of sp³-hybridized carbons (Fsp3) is 0.0769. The molecule has 2 aromatic rings. The average molecular weight is 337 g/mol. The van der Waals surface area contributed by atoms with Crippen LogP contribution in [0.15, 0.2) is 39.8 Å². The number of halogens is 1. The first-order valence-electron chi connectivity index (χ1n) is 6.11. The SMILES string of the molecule is CC(=O)N(c1cccc(Cl)c1)c1nc(/C=N\N=C(N)N)cs1. The normalized spacial score (nSPS) is 10.6. The first kappa shape index (κ1) is 15.9. The van der Waals surface area contributed by atoms with E-state index in [-0.39, 0.29) is 11.9 Å². The molecule has 22 heavy (non-hydrogen) atoms. The molecule has 0 bridgehead atoms. The lowest BCUT2D eigenvalue weighted by Crippen LogP contribution is -2.22. The lowest BCUT2D eigenvalue weighted by Gasteiger charge is -2.17. The predicted molar refractivity (Wildman–Crippen MR) is 89.8 cm³/mol. The molecule has 4 N–H and O–H groups in total. The van der Waals surface area contributed by atoms with Gasteiger partial charge in [0.25, 0.3) is 0 Å². The van der Waals surface area contributed by atoms with Crippen LogP contribution in [0.4, 0.5) is 10.8 Å². The van der Waals surface area contributed by atoms with Gasteiger partial charge in [-0.15, -0.1) is 16.4 Å². The standard InChI is InChI=1S/C13H13ClN6OS/c1-8(21)20(11-4-2-3-9(14)5-11)13-18-10(7-22-13)6-17-19-12(15)16/h2-7H,1H3,(H4,15,16,19)/b17-6-. The van der Waals surface area contributed by atoms with E-state index >= 15 is 0 Å². The number of amides is 1. The van der Waals surface area contributed by atoms with Crippen LogP contribution in [-0.2, 0) is 4.79 Å². The van der Waals surface area contributed by atoms with Crippen LogP contribution >= 0.6 is 22.9 Å². The molecule has 1 aromatic heterocycles. The highest BCUT2D eigenvalue weighted by Crippen LogP contribution is 2.30. The number of guanidine groups is 1. The molecule has 0 saturated carbocycles. The summed E-state index contributed by atoms with van der Waals surface area (Å²) in [4.78, 5) is 17.7. The quantitative estimate of drug-likeness (QED) is 0.506. The van der Waals surface area contributed by atoms with E-state index in [1.165, 1.54) is 29.4 Å². The molecule has 0 radical (unpaired) electrons. The predicted octanol–water partition coefficient (Wildman–Crippen LogP) is 2.09. The van der Waals surface area contributed by atoms with E-state index < -0.39 is 0 Å². The van der Waals surface area contributed by atoms with E-state index in [1.807, 2.05) is 0 Å². The maximum Gasteiger partial charge on any atom is 0.230 e. The lowest BCUT2D eigenvalue weighted by molar-refractivity contribution is -0.115. The van der Waals surface area contributed by atoms with Crippen molar-refractivity contribution in [3.63, 3.8) is 0 Å². The van der Waals surface area contributed by atoms with Crippen molar-refractivity contribution >= 4 is 51.8 Å². The summed E-state index contributed by atoms with van der Waals surface area (Å²) in [6, 6.07) is 6.97. The maximum absolute atomic E-state index is 11.9. The zero-order chi connectivity index (χ0) is 16.1. The van der Waals surface area contributed by atoms with Gasteiger partial charge in [0.2, 0.25) is 11.9 Å². The van der Waals surface area contributed by atoms with Crippen molar-refractivity contribution < 1.29 is 4.79 Å². The van der Waals surface area contributed by atoms with Gasteiger partial charge < -0.3 is 11.5 Å². The van der Waals surface area contributed by atoms with Crippen LogP contribution in [0.1, 0.15) is 12.6 Å². The molecule has 114 valence electrons. The van der Waals surface area contributed by atoms with Crippen molar-refractivity contribution in [2.45, 2.75) is 6.92 Å². The topological polar surface area (TPSA) is 110 Å². The highest BCUT2D eigenvalue weighted by Gasteiger charge is 2.17. The number of hydrogen-bond donors (Lipinski definition) is 2. The third-order valence-electron chi connectivity index (χ3n) is 2.45. The Morgan fingerprint density at radius 1 is 1.45 bits per heavy atom. The number of benzene rings is 1. The Labute approximate surface area is 135 Å². The minimum atomic E-state index is -0.177. The monoisotopic (exact) mass is 336 g/mol. The van der Waals surface area contributed by atoms with E-state index in [4.69, 9.17) is 23.1 Å². The second-order valence-corrected chi connectivity index (χ2v) is 5.43. The molecule has 0 atom stereocenters. The summed E-state index contributed by atoms with van der Waals surface area (Å²) >= 11 is 7.26. The molecule has 2 rings (SSSR count). The summed E-state index contributed by atoms with van der Waals surface area (Å²) in [5.74, 6) is -0.319. The summed E-state index contributed by atoms with van der Waals surface area (Å²) in [5, 5.41) is 9.94. The number of carbonyl (C=O) groups is 1. The van der Waals surface area contributed by atoms with Crippen LogP contribution in [0, 0.1) is 0 Å². The number of carbonyl (C=O) groups excluding carboxylic acids is 1. The van der Waals surface area contributed by atoms with Crippen LogP contribution in [-0.4, -0.2) is 23.1 Å². The molecule has 0 aliphatic heterocycles. The number of rotatable bonds is 4. The maximum atomic E-state index is 11.9. The summed E-state index contributed by atoms with van der Waals surface area (Å²) < 4.78 is 0. The molecule has 1 aromatic carbocycles. The van der Waals surface area contributed by atoms with Crippen molar-refractivity contribution in [1.29, 1.82) is 0 Å². The van der Waals surface area contributed by atoms with Gasteiger partial charge in [0.05, 0.1) is 17.6 Å². The van der Waals surface area contributed by atoms with Crippen molar-refractivity contribution in [1.82, 2.24) is 4.98 Å². The molecule has 0 fully saturated rings. The fourth-order valence-electron chi connectivity index (χ4n) is 1.64. The van der Waals surface area contributed by atoms with E-state index in [0.29, 0.717) is 21.5 Å². The minimum absolute atomic E-state index is 0.143. The van der Waals surface area contributed by atoms with Crippen LogP contribution < -0.4 is 16.4 Å². The van der Waals surface area contributed by atoms with Gasteiger partial charge in [0.1, 0.15) is 0 Å². The van der Waals surface area contributed by atoms with Crippen molar-refractivity contribution in [3.8, 4) is 0 Å². The van der Waals surface area contributed by atoms with Gasteiger partial charge in [-0.2, -0.15) is 5.10 Å². The van der Waals surface area contributed by atoms with Gasteiger partial charge in [-0.1, -0.05) is 17.7 Å². The van der Waals surface area contributed by atoms with Crippen LogP contribution in [0.2, 0.25) is 5.02 Å². The van der Waals surface area contributed by atoms with E-state index in [1.54, 1.807) is 29.6 Å². The van der Waals surface area contributed by atoms with E-state index in [2.05, 4.69) is 15.2 Å². The number of thiazole rings is 1. The molecule has 1 heterocycles. The highest BCUT2D eigenvalue weighted by molar-refractivity contribution is 7.14. The van der Waals surface area contributed by atoms with Crippen LogP contribution in [0.5, 0.6) is 0 Å². The van der Waals surface area contributed by atoms with Gasteiger partial charge in [0.15, 0.2) is 5.13 Å². The summed E-state index contributed by atoms with van der Waals surface area (Å²) in [7, 11) is 0. The third-order valence-corrected chi connectivity index (χ3v) is 3.52. The molecule has 7 nitrogen and oxygen atoms in total. The van der Waals surface area contributed by atoms with Crippen molar-refractivity contribution in [2.75, 3.05) is 4.90 Å². The third kappa shape index (κ3) is 4.03. The second-order valence-electron chi connectivity index (χ2n) is 4.16. The molecular weight excluding hydrogens is 324 g/mol. The molecule has 0 unspecified atom stereocenters. The first-order chi connectivity index (χ1) is 10.5. The van der Waals surface area contributed by atoms with E-state index in [9.17, 15) is 4.79 Å². The van der Waals surface area contributed by atoms with Crippen LogP contribution in [0.3, 0.4) is 0 Å². The van der Waals surface area contributed by atoms with Gasteiger partial charge in [-0.05, 0) is 18.2 Å². The Hall–Kier alpha value is -2.45. The molecule has 1 amide bonds. The Kier molecular flexibility index (Phi) is 5.08. The number of hydrogen-bond acceptors (Lipinski definition) is 5. The first-order valence-corrected chi connectivity index (χ1v) is 7.37. The molecule has 0 saturated heterocycles. The Balaban J connectivity index is 2.31. The summed E-state index contributed by atoms with van der Waals surface area (Å²) in [6.45, 7) is 1.45. The molecular formula is C13H13ClN6OS. The van der Waals surface area contributed by atoms with Crippen LogP contribution in [0.25, 0.3) is 0 Å². The van der Waals surface area contributed by atoms with Gasteiger partial charge >= 0.3 is 0 Å². The largest absolute Gasteiger partial charge is 0.369 e. The Morgan fingerprint density at radius 3 is 2.86 bits per heavy atom. The number of aromatic nitrogens is 1. The van der Waals surface area contributed by atoms with Crippen molar-refractivity contribution in [2.24, 2.45) is 21.7 Å². The molecule has 0 aliphatic rings. The number of anilines is 2. The summed E-state index contributed by atoms with van der Waals surface area (Å²) in [5.41, 5.74) is 11.5. The Bertz CT molecular complexity index is 738. The Morgan fingerprint density at radius 2 is 2.23 bits per heavy atom. The second kappa shape index (κ2) is 7.01. The van der Waals surface area contributed by atoms with Gasteiger partial charge in [-0.25, -0.2) is 4.98 Å². The van der Waals surface area contributed by atoms with Gasteiger partial charge in [-0.3, -0.25) is 9.69 Å².